The molecule has 1 heterocycles. The molecule has 1 aromatic heterocycles. The van der Waals surface area contributed by atoms with E-state index in [1.807, 2.05) is 0 Å². The summed E-state index contributed by atoms with van der Waals surface area (Å²) in [6.07, 6.45) is 0. The largest absolute Gasteiger partial charge is 0.543 e. The second-order valence-electron chi connectivity index (χ2n) is 3.05. The zero-order valence-corrected chi connectivity index (χ0v) is 9.19. The Kier molecular flexibility index (Phi) is 4.03. The van der Waals surface area contributed by atoms with Crippen molar-refractivity contribution in [3.05, 3.63) is 16.1 Å². The van der Waals surface area contributed by atoms with Crippen LogP contribution in [0.5, 0.6) is 0 Å². The number of nitrogens with zero attached hydrogens (tertiary/aromatic N) is 1. The zero-order valence-electron chi connectivity index (χ0n) is 8.37. The molecule has 0 spiro atoms. The highest BCUT2D eigenvalue weighted by Gasteiger charge is 2.08. The predicted molar refractivity (Wildman–Crippen MR) is 52.2 cm³/mol. The number of carboxylic acid groups (broad SMARTS) is 1. The van der Waals surface area contributed by atoms with Gasteiger partial charge in [-0.25, -0.2) is 4.98 Å². The third kappa shape index (κ3) is 2.78. The van der Waals surface area contributed by atoms with Crippen LogP contribution in [-0.4, -0.2) is 24.0 Å². The highest BCUT2D eigenvalue weighted by Crippen LogP contribution is 2.07. The molecular weight excluding hydrogens is 200 g/mol. The third-order valence-corrected chi connectivity index (χ3v) is 3.01. The van der Waals surface area contributed by atoms with Gasteiger partial charge in [0.05, 0.1) is 24.8 Å². The first kappa shape index (κ1) is 11.1. The van der Waals surface area contributed by atoms with Crippen molar-refractivity contribution in [2.75, 3.05) is 13.1 Å². The molecule has 5 heteroatoms. The Hall–Kier alpha value is -0.940. The number of aromatic carboxylic acids is 1. The van der Waals surface area contributed by atoms with Crippen molar-refractivity contribution in [2.24, 2.45) is 0 Å². The summed E-state index contributed by atoms with van der Waals surface area (Å²) < 4.78 is 0. The maximum Gasteiger partial charge on any atom is 0.148 e. The van der Waals surface area contributed by atoms with Gasteiger partial charge in [-0.1, -0.05) is 0 Å². The van der Waals surface area contributed by atoms with Gasteiger partial charge in [0.15, 0.2) is 0 Å². The van der Waals surface area contributed by atoms with Gasteiger partial charge in [0, 0.05) is 5.38 Å². The first-order valence-corrected chi connectivity index (χ1v) is 5.54. The van der Waals surface area contributed by atoms with E-state index in [0.29, 0.717) is 0 Å². The number of quaternary nitrogens is 1. The predicted octanol–water partition coefficient (Wildman–Crippen LogP) is -1.07. The molecule has 0 aromatic carbocycles. The van der Waals surface area contributed by atoms with E-state index in [2.05, 4.69) is 18.8 Å². The number of rotatable bonds is 5. The van der Waals surface area contributed by atoms with E-state index in [0.717, 1.165) is 24.6 Å². The van der Waals surface area contributed by atoms with Crippen molar-refractivity contribution in [3.8, 4) is 0 Å². The number of carbonyl (C=O) groups is 1. The summed E-state index contributed by atoms with van der Waals surface area (Å²) in [5.74, 6) is -1.19. The van der Waals surface area contributed by atoms with Crippen LogP contribution < -0.4 is 10.0 Å². The fourth-order valence-electron chi connectivity index (χ4n) is 1.20. The van der Waals surface area contributed by atoms with E-state index in [9.17, 15) is 9.90 Å². The van der Waals surface area contributed by atoms with Crippen LogP contribution in [0.25, 0.3) is 0 Å². The molecule has 1 aromatic rings. The number of carboxylic acids is 1. The number of hydrogen-bond acceptors (Lipinski definition) is 4. The second-order valence-corrected chi connectivity index (χ2v) is 3.99. The maximum absolute atomic E-state index is 10.5. The van der Waals surface area contributed by atoms with Crippen LogP contribution in [0.2, 0.25) is 0 Å². The van der Waals surface area contributed by atoms with Crippen molar-refractivity contribution in [3.63, 3.8) is 0 Å². The van der Waals surface area contributed by atoms with Crippen LogP contribution in [-0.2, 0) is 6.54 Å². The monoisotopic (exact) mass is 214 g/mol. The molecule has 0 aliphatic carbocycles. The number of nitrogens with one attached hydrogen (secondary N) is 1. The average Bonchev–Trinajstić information content (AvgIpc) is 2.62. The summed E-state index contributed by atoms with van der Waals surface area (Å²) in [6.45, 7) is 7.05. The first-order valence-electron chi connectivity index (χ1n) is 4.66. The third-order valence-electron chi connectivity index (χ3n) is 2.16. The molecule has 0 atom stereocenters. The van der Waals surface area contributed by atoms with Gasteiger partial charge in [0.1, 0.15) is 11.6 Å². The minimum atomic E-state index is -1.19. The highest BCUT2D eigenvalue weighted by atomic mass is 32.1. The van der Waals surface area contributed by atoms with E-state index >= 15 is 0 Å². The Morgan fingerprint density at radius 3 is 2.64 bits per heavy atom. The van der Waals surface area contributed by atoms with Gasteiger partial charge in [0.25, 0.3) is 0 Å². The smallest absolute Gasteiger partial charge is 0.148 e. The van der Waals surface area contributed by atoms with Crippen LogP contribution in [0.4, 0.5) is 0 Å². The lowest BCUT2D eigenvalue weighted by molar-refractivity contribution is -0.910. The summed E-state index contributed by atoms with van der Waals surface area (Å²) in [5, 5.41) is 12.9. The van der Waals surface area contributed by atoms with Gasteiger partial charge < -0.3 is 14.8 Å². The molecule has 1 N–H and O–H groups in total. The summed E-state index contributed by atoms with van der Waals surface area (Å²) in [6, 6.07) is 0. The van der Waals surface area contributed by atoms with Gasteiger partial charge in [-0.2, -0.15) is 0 Å². The van der Waals surface area contributed by atoms with Crippen molar-refractivity contribution >= 4 is 17.3 Å². The van der Waals surface area contributed by atoms with Gasteiger partial charge in [-0.05, 0) is 13.8 Å². The molecule has 0 unspecified atom stereocenters. The average molecular weight is 214 g/mol. The first-order chi connectivity index (χ1) is 6.67. The van der Waals surface area contributed by atoms with E-state index < -0.39 is 5.97 Å². The molecular formula is C9H14N2O2S. The van der Waals surface area contributed by atoms with Crippen LogP contribution >= 0.6 is 11.3 Å². The fourth-order valence-corrected chi connectivity index (χ4v) is 2.03. The van der Waals surface area contributed by atoms with Crippen LogP contribution in [0.1, 0.15) is 29.3 Å². The molecule has 1 rings (SSSR count). The Balaban J connectivity index is 2.63. The van der Waals surface area contributed by atoms with Crippen molar-refractivity contribution in [2.45, 2.75) is 20.4 Å². The zero-order chi connectivity index (χ0) is 10.6. The summed E-state index contributed by atoms with van der Waals surface area (Å²) in [4.78, 5) is 15.8. The van der Waals surface area contributed by atoms with E-state index in [-0.39, 0.29) is 5.69 Å². The second kappa shape index (κ2) is 5.07. The molecule has 0 saturated heterocycles. The van der Waals surface area contributed by atoms with Crippen molar-refractivity contribution in [1.82, 2.24) is 4.98 Å². The molecule has 0 amide bonds. The van der Waals surface area contributed by atoms with Crippen LogP contribution in [0, 0.1) is 0 Å². The molecule has 14 heavy (non-hydrogen) atoms. The van der Waals surface area contributed by atoms with E-state index in [1.165, 1.54) is 21.6 Å². The van der Waals surface area contributed by atoms with Gasteiger partial charge >= 0.3 is 0 Å². The Labute approximate surface area is 87.2 Å². The molecule has 0 aliphatic heterocycles. The maximum atomic E-state index is 10.5. The number of thiazole rings is 1. The lowest BCUT2D eigenvalue weighted by Gasteiger charge is -2.12. The molecule has 0 radical (unpaired) electrons. The molecule has 4 nitrogen and oxygen atoms in total. The van der Waals surface area contributed by atoms with Crippen molar-refractivity contribution in [1.29, 1.82) is 0 Å². The minimum Gasteiger partial charge on any atom is -0.543 e. The Bertz CT molecular complexity index is 308. The van der Waals surface area contributed by atoms with Gasteiger partial charge in [0.2, 0.25) is 0 Å². The summed E-state index contributed by atoms with van der Waals surface area (Å²) in [7, 11) is 0. The van der Waals surface area contributed by atoms with E-state index in [1.54, 1.807) is 0 Å². The molecule has 0 bridgehead atoms. The van der Waals surface area contributed by atoms with E-state index in [4.69, 9.17) is 0 Å². The van der Waals surface area contributed by atoms with Gasteiger partial charge in [-0.3, -0.25) is 0 Å². The summed E-state index contributed by atoms with van der Waals surface area (Å²) in [5.41, 5.74) is 0.0524. The normalized spacial score (nSPS) is 10.8. The topological polar surface area (TPSA) is 57.5 Å². The Morgan fingerprint density at radius 2 is 2.21 bits per heavy atom. The van der Waals surface area contributed by atoms with Gasteiger partial charge in [-0.15, -0.1) is 11.3 Å². The molecule has 0 saturated carbocycles. The van der Waals surface area contributed by atoms with Crippen molar-refractivity contribution < 1.29 is 14.8 Å². The summed E-state index contributed by atoms with van der Waals surface area (Å²) >= 11 is 1.38. The molecule has 0 fully saturated rings. The number of hydrogen-bond donors (Lipinski definition) is 1. The lowest BCUT2D eigenvalue weighted by Crippen LogP contribution is -3.10. The fraction of sp³-hybridized carbons (Fsp3) is 0.556. The molecule has 0 aliphatic rings. The minimum absolute atomic E-state index is 0.0524. The highest BCUT2D eigenvalue weighted by molar-refractivity contribution is 7.09. The number of aromatic nitrogens is 1. The van der Waals surface area contributed by atoms with Crippen LogP contribution in [0.15, 0.2) is 5.38 Å². The number of carbonyl (C=O) groups excluding carboxylic acids is 1. The Morgan fingerprint density at radius 1 is 1.57 bits per heavy atom. The standard InChI is InChI=1S/C9H14N2O2S/c1-3-11(4-2)5-8-10-7(6-14-8)9(12)13/h6H,3-5H2,1-2H3,(H,12,13). The quantitative estimate of drug-likeness (QED) is 0.679. The molecule has 78 valence electrons. The lowest BCUT2D eigenvalue weighted by atomic mass is 10.4. The van der Waals surface area contributed by atoms with Crippen LogP contribution in [0.3, 0.4) is 0 Å². The SMILES string of the molecule is CC[NH+](CC)Cc1nc(C(=O)[O-])cs1.